The molecule has 20 heavy (non-hydrogen) atoms. The van der Waals surface area contributed by atoms with Crippen LogP contribution < -0.4 is 4.74 Å². The van der Waals surface area contributed by atoms with Gasteiger partial charge in [-0.25, -0.2) is 9.48 Å². The molecule has 2 aromatic rings. The van der Waals surface area contributed by atoms with E-state index >= 15 is 0 Å². The molecule has 8 heteroatoms. The highest BCUT2D eigenvalue weighted by atomic mass is 35.5. The molecule has 0 aliphatic rings. The van der Waals surface area contributed by atoms with Gasteiger partial charge in [-0.3, -0.25) is 0 Å². The highest BCUT2D eigenvalue weighted by Gasteiger charge is 2.16. The zero-order valence-corrected chi connectivity index (χ0v) is 11.6. The van der Waals surface area contributed by atoms with E-state index in [0.29, 0.717) is 23.9 Å². The number of benzene rings is 1. The first-order valence-electron chi connectivity index (χ1n) is 6.02. The van der Waals surface area contributed by atoms with Crippen molar-refractivity contribution >= 4 is 17.6 Å². The molecule has 1 heterocycles. The molecule has 106 valence electrons. The number of carbonyl (C=O) groups is 1. The van der Waals surface area contributed by atoms with Crippen LogP contribution in [0.4, 0.5) is 0 Å². The van der Waals surface area contributed by atoms with Crippen molar-refractivity contribution in [3.8, 4) is 5.75 Å². The van der Waals surface area contributed by atoms with Gasteiger partial charge in [-0.15, -0.1) is 5.10 Å². The van der Waals surface area contributed by atoms with Gasteiger partial charge in [0, 0.05) is 5.02 Å². The van der Waals surface area contributed by atoms with Crippen molar-refractivity contribution in [2.45, 2.75) is 13.5 Å². The van der Waals surface area contributed by atoms with E-state index in [0.717, 1.165) is 0 Å². The largest absolute Gasteiger partial charge is 0.492 e. The molecule has 0 saturated heterocycles. The number of aromatic nitrogens is 4. The van der Waals surface area contributed by atoms with Crippen molar-refractivity contribution in [2.24, 2.45) is 0 Å². The summed E-state index contributed by atoms with van der Waals surface area (Å²) in [5.74, 6) is 0.190. The predicted octanol–water partition coefficient (Wildman–Crippen LogP) is 1.58. The molecule has 0 saturated carbocycles. The second kappa shape index (κ2) is 6.85. The summed E-state index contributed by atoms with van der Waals surface area (Å²) >= 11 is 5.77. The summed E-state index contributed by atoms with van der Waals surface area (Å²) in [4.78, 5) is 11.6. The number of hydrogen-bond acceptors (Lipinski definition) is 6. The van der Waals surface area contributed by atoms with E-state index in [4.69, 9.17) is 21.1 Å². The molecule has 0 radical (unpaired) electrons. The lowest BCUT2D eigenvalue weighted by Crippen LogP contribution is -2.17. The molecule has 0 aliphatic heterocycles. The number of ether oxygens (including phenoxy) is 2. The van der Waals surface area contributed by atoms with Gasteiger partial charge in [0.2, 0.25) is 0 Å². The van der Waals surface area contributed by atoms with Gasteiger partial charge in [0.15, 0.2) is 0 Å². The summed E-state index contributed by atoms with van der Waals surface area (Å²) in [5.41, 5.74) is 0. The molecular weight excluding hydrogens is 284 g/mol. The van der Waals surface area contributed by atoms with Crippen LogP contribution in [-0.4, -0.2) is 39.4 Å². The second-order valence-corrected chi connectivity index (χ2v) is 4.18. The Bertz CT molecular complexity index is 570. The fourth-order valence-corrected chi connectivity index (χ4v) is 1.60. The lowest BCUT2D eigenvalue weighted by molar-refractivity contribution is 0.0503. The molecule has 1 aromatic heterocycles. The molecule has 7 nitrogen and oxygen atoms in total. The van der Waals surface area contributed by atoms with E-state index in [-0.39, 0.29) is 12.4 Å². The van der Waals surface area contributed by atoms with Gasteiger partial charge >= 0.3 is 5.97 Å². The molecule has 0 amide bonds. The fraction of sp³-hybridized carbons (Fsp3) is 0.333. The Labute approximate surface area is 120 Å². The van der Waals surface area contributed by atoms with E-state index in [1.807, 2.05) is 0 Å². The van der Waals surface area contributed by atoms with E-state index in [9.17, 15) is 4.79 Å². The van der Waals surface area contributed by atoms with E-state index < -0.39 is 5.97 Å². The van der Waals surface area contributed by atoms with Gasteiger partial charge in [-0.05, 0) is 41.6 Å². The maximum Gasteiger partial charge on any atom is 0.378 e. The Morgan fingerprint density at radius 1 is 1.35 bits per heavy atom. The topological polar surface area (TPSA) is 79.1 Å². The lowest BCUT2D eigenvalue weighted by atomic mass is 10.3. The molecule has 0 bridgehead atoms. The first kappa shape index (κ1) is 14.3. The first-order valence-corrected chi connectivity index (χ1v) is 6.40. The maximum absolute atomic E-state index is 11.6. The van der Waals surface area contributed by atoms with E-state index in [2.05, 4.69) is 15.5 Å². The summed E-state index contributed by atoms with van der Waals surface area (Å²) in [7, 11) is 0. The third-order valence-electron chi connectivity index (χ3n) is 2.38. The highest BCUT2D eigenvalue weighted by molar-refractivity contribution is 6.30. The summed E-state index contributed by atoms with van der Waals surface area (Å²) in [6.07, 6.45) is 0. The van der Waals surface area contributed by atoms with Crippen molar-refractivity contribution < 1.29 is 14.3 Å². The van der Waals surface area contributed by atoms with Crippen LogP contribution in [-0.2, 0) is 11.3 Å². The summed E-state index contributed by atoms with van der Waals surface area (Å²) in [5, 5.41) is 11.4. The van der Waals surface area contributed by atoms with Crippen molar-refractivity contribution in [1.82, 2.24) is 20.2 Å². The number of rotatable bonds is 6. The van der Waals surface area contributed by atoms with Crippen LogP contribution in [0.25, 0.3) is 0 Å². The Hall–Kier alpha value is -2.15. The summed E-state index contributed by atoms with van der Waals surface area (Å²) < 4.78 is 11.7. The number of esters is 1. The molecule has 0 spiro atoms. The standard InChI is InChI=1S/C12H13ClN4O3/c1-2-19-12(18)11-14-15-16-17(11)7-8-20-10-5-3-9(13)4-6-10/h3-6H,2,7-8H2,1H3. The molecule has 0 atom stereocenters. The monoisotopic (exact) mass is 296 g/mol. The summed E-state index contributed by atoms with van der Waals surface area (Å²) in [6.45, 7) is 2.64. The van der Waals surface area contributed by atoms with Crippen molar-refractivity contribution in [3.63, 3.8) is 0 Å². The van der Waals surface area contributed by atoms with Gasteiger partial charge in [-0.2, -0.15) is 0 Å². The number of nitrogens with zero attached hydrogens (tertiary/aromatic N) is 4. The zero-order chi connectivity index (χ0) is 14.4. The molecule has 2 rings (SSSR count). The van der Waals surface area contributed by atoms with Crippen molar-refractivity contribution in [2.75, 3.05) is 13.2 Å². The minimum absolute atomic E-state index is 0.0616. The molecular formula is C12H13ClN4O3. The Morgan fingerprint density at radius 2 is 2.10 bits per heavy atom. The maximum atomic E-state index is 11.6. The predicted molar refractivity (Wildman–Crippen MR) is 70.7 cm³/mol. The molecule has 0 aliphatic carbocycles. The normalized spacial score (nSPS) is 10.3. The zero-order valence-electron chi connectivity index (χ0n) is 10.8. The fourth-order valence-electron chi connectivity index (χ4n) is 1.48. The molecule has 0 fully saturated rings. The third kappa shape index (κ3) is 3.67. The average molecular weight is 297 g/mol. The van der Waals surface area contributed by atoms with Gasteiger partial charge < -0.3 is 9.47 Å². The Balaban J connectivity index is 1.90. The first-order chi connectivity index (χ1) is 9.70. The summed E-state index contributed by atoms with van der Waals surface area (Å²) in [6, 6.07) is 6.98. The number of carbonyl (C=O) groups excluding carboxylic acids is 1. The third-order valence-corrected chi connectivity index (χ3v) is 2.63. The van der Waals surface area contributed by atoms with Crippen LogP contribution in [0.5, 0.6) is 5.75 Å². The number of tetrazole rings is 1. The molecule has 1 aromatic carbocycles. The minimum Gasteiger partial charge on any atom is -0.492 e. The second-order valence-electron chi connectivity index (χ2n) is 3.75. The smallest absolute Gasteiger partial charge is 0.378 e. The van der Waals surface area contributed by atoms with Crippen LogP contribution in [0.15, 0.2) is 24.3 Å². The van der Waals surface area contributed by atoms with Gasteiger partial charge in [0.25, 0.3) is 5.82 Å². The average Bonchev–Trinajstić information content (AvgIpc) is 2.90. The van der Waals surface area contributed by atoms with Gasteiger partial charge in [0.05, 0.1) is 13.2 Å². The van der Waals surface area contributed by atoms with Gasteiger partial charge in [0.1, 0.15) is 12.4 Å². The van der Waals surface area contributed by atoms with Crippen molar-refractivity contribution in [1.29, 1.82) is 0 Å². The van der Waals surface area contributed by atoms with Crippen LogP contribution in [0.1, 0.15) is 17.5 Å². The molecule has 0 N–H and O–H groups in total. The number of halogens is 1. The van der Waals surface area contributed by atoms with E-state index in [1.165, 1.54) is 4.68 Å². The minimum atomic E-state index is -0.552. The Morgan fingerprint density at radius 3 is 2.80 bits per heavy atom. The Kier molecular flexibility index (Phi) is 4.89. The highest BCUT2D eigenvalue weighted by Crippen LogP contribution is 2.15. The molecule has 0 unspecified atom stereocenters. The van der Waals surface area contributed by atoms with Crippen LogP contribution in [0.3, 0.4) is 0 Å². The van der Waals surface area contributed by atoms with Crippen molar-refractivity contribution in [3.05, 3.63) is 35.1 Å². The number of hydrogen-bond donors (Lipinski definition) is 0. The quantitative estimate of drug-likeness (QED) is 0.753. The van der Waals surface area contributed by atoms with Crippen LogP contribution >= 0.6 is 11.6 Å². The van der Waals surface area contributed by atoms with Crippen LogP contribution in [0.2, 0.25) is 5.02 Å². The van der Waals surface area contributed by atoms with E-state index in [1.54, 1.807) is 31.2 Å². The SMILES string of the molecule is CCOC(=O)c1nnnn1CCOc1ccc(Cl)cc1. The van der Waals surface area contributed by atoms with Crippen LogP contribution in [0, 0.1) is 0 Å². The lowest BCUT2D eigenvalue weighted by Gasteiger charge is -2.07. The van der Waals surface area contributed by atoms with Gasteiger partial charge in [-0.1, -0.05) is 11.6 Å².